The largest absolute Gasteiger partial charge is 0.322 e. The highest BCUT2D eigenvalue weighted by Crippen LogP contribution is 2.15. The van der Waals surface area contributed by atoms with Crippen LogP contribution in [0.4, 0.5) is 10.1 Å². The molecule has 1 aromatic heterocycles. The van der Waals surface area contributed by atoms with E-state index in [9.17, 15) is 9.18 Å². The first-order chi connectivity index (χ1) is 10.2. The zero-order valence-corrected chi connectivity index (χ0v) is 10.7. The van der Waals surface area contributed by atoms with Crippen LogP contribution in [-0.4, -0.2) is 26.5 Å². The van der Waals surface area contributed by atoms with Gasteiger partial charge in [-0.05, 0) is 35.5 Å². The van der Waals surface area contributed by atoms with Gasteiger partial charge in [-0.2, -0.15) is 5.21 Å². The van der Waals surface area contributed by atoms with Gasteiger partial charge >= 0.3 is 0 Å². The van der Waals surface area contributed by atoms with Crippen molar-refractivity contribution in [3.63, 3.8) is 0 Å². The van der Waals surface area contributed by atoms with E-state index in [2.05, 4.69) is 25.9 Å². The number of hydrogen-bond acceptors (Lipinski definition) is 4. The number of H-pyrrole nitrogens is 1. The van der Waals surface area contributed by atoms with E-state index >= 15 is 0 Å². The molecule has 2 aromatic carbocycles. The molecular weight excluding hydrogens is 273 g/mol. The van der Waals surface area contributed by atoms with Gasteiger partial charge in [0.1, 0.15) is 5.82 Å². The Bertz CT molecular complexity index is 755. The van der Waals surface area contributed by atoms with E-state index in [1.807, 2.05) is 0 Å². The minimum Gasteiger partial charge on any atom is -0.322 e. The van der Waals surface area contributed by atoms with Crippen LogP contribution < -0.4 is 5.32 Å². The van der Waals surface area contributed by atoms with E-state index in [-0.39, 0.29) is 5.91 Å². The number of rotatable bonds is 3. The number of carbonyl (C=O) groups excluding carboxylic acids is 1. The van der Waals surface area contributed by atoms with Gasteiger partial charge in [-0.15, -0.1) is 10.2 Å². The summed E-state index contributed by atoms with van der Waals surface area (Å²) in [6.45, 7) is 0. The Balaban J connectivity index is 1.76. The highest BCUT2D eigenvalue weighted by Gasteiger charge is 2.08. The molecule has 104 valence electrons. The Morgan fingerprint density at radius 1 is 1.14 bits per heavy atom. The minimum absolute atomic E-state index is 0.319. The maximum absolute atomic E-state index is 13.1. The fraction of sp³-hybridized carbons (Fsp3) is 0. The van der Waals surface area contributed by atoms with Crippen LogP contribution in [0, 0.1) is 5.82 Å². The van der Waals surface area contributed by atoms with Crippen molar-refractivity contribution in [1.29, 1.82) is 0 Å². The van der Waals surface area contributed by atoms with Gasteiger partial charge in [0.05, 0.1) is 0 Å². The van der Waals surface area contributed by atoms with E-state index in [1.165, 1.54) is 18.2 Å². The van der Waals surface area contributed by atoms with Gasteiger partial charge < -0.3 is 5.32 Å². The summed E-state index contributed by atoms with van der Waals surface area (Å²) in [5.41, 5.74) is 1.60. The molecule has 0 fully saturated rings. The van der Waals surface area contributed by atoms with E-state index < -0.39 is 5.82 Å². The lowest BCUT2D eigenvalue weighted by molar-refractivity contribution is 0.102. The van der Waals surface area contributed by atoms with E-state index in [0.29, 0.717) is 17.1 Å². The van der Waals surface area contributed by atoms with Crippen molar-refractivity contribution in [3.05, 3.63) is 59.9 Å². The summed E-state index contributed by atoms with van der Waals surface area (Å²) in [7, 11) is 0. The summed E-state index contributed by atoms with van der Waals surface area (Å²) in [6.07, 6.45) is 0. The normalized spacial score (nSPS) is 10.3. The van der Waals surface area contributed by atoms with Gasteiger partial charge in [0, 0.05) is 16.8 Å². The van der Waals surface area contributed by atoms with E-state index in [1.54, 1.807) is 30.3 Å². The first-order valence-electron chi connectivity index (χ1n) is 6.13. The maximum Gasteiger partial charge on any atom is 0.255 e. The number of hydrogen-bond donors (Lipinski definition) is 2. The van der Waals surface area contributed by atoms with Crippen LogP contribution in [0.2, 0.25) is 0 Å². The number of aromatic nitrogens is 4. The molecule has 0 bridgehead atoms. The van der Waals surface area contributed by atoms with Crippen molar-refractivity contribution in [2.75, 3.05) is 5.32 Å². The van der Waals surface area contributed by atoms with E-state index in [4.69, 9.17) is 0 Å². The van der Waals surface area contributed by atoms with Crippen molar-refractivity contribution in [3.8, 4) is 11.4 Å². The second kappa shape index (κ2) is 5.49. The molecule has 3 rings (SSSR count). The molecule has 0 saturated heterocycles. The van der Waals surface area contributed by atoms with Crippen LogP contribution in [0.25, 0.3) is 11.4 Å². The quantitative estimate of drug-likeness (QED) is 0.772. The number of nitrogens with zero attached hydrogens (tertiary/aromatic N) is 3. The predicted octanol–water partition coefficient (Wildman–Crippen LogP) is 2.26. The molecule has 0 radical (unpaired) electrons. The van der Waals surface area contributed by atoms with Crippen LogP contribution in [0.3, 0.4) is 0 Å². The van der Waals surface area contributed by atoms with Gasteiger partial charge in [0.2, 0.25) is 5.82 Å². The number of anilines is 1. The number of aromatic amines is 1. The molecular formula is C14H10FN5O. The first kappa shape index (κ1) is 12.9. The molecule has 7 heteroatoms. The van der Waals surface area contributed by atoms with Crippen LogP contribution >= 0.6 is 0 Å². The van der Waals surface area contributed by atoms with Crippen LogP contribution in [0.1, 0.15) is 10.4 Å². The summed E-state index contributed by atoms with van der Waals surface area (Å²) in [5, 5.41) is 16.2. The minimum atomic E-state index is -0.403. The van der Waals surface area contributed by atoms with Gasteiger partial charge in [-0.25, -0.2) is 4.39 Å². The molecule has 0 spiro atoms. The first-order valence-corrected chi connectivity index (χ1v) is 6.13. The summed E-state index contributed by atoms with van der Waals surface area (Å²) in [6, 6.07) is 12.4. The maximum atomic E-state index is 13.1. The topological polar surface area (TPSA) is 83.6 Å². The lowest BCUT2D eigenvalue weighted by Gasteiger charge is -2.05. The number of amides is 1. The van der Waals surface area contributed by atoms with E-state index in [0.717, 1.165) is 5.56 Å². The van der Waals surface area contributed by atoms with Crippen LogP contribution in [-0.2, 0) is 0 Å². The predicted molar refractivity (Wildman–Crippen MR) is 74.0 cm³/mol. The molecule has 0 saturated carbocycles. The Hall–Kier alpha value is -3.09. The summed E-state index contributed by atoms with van der Waals surface area (Å²) in [5.74, 6) is -0.271. The standard InChI is InChI=1S/C14H10FN5O/c15-11-2-1-3-12(8-11)16-14(21)10-6-4-9(5-7-10)13-17-19-20-18-13/h1-8H,(H,16,21)(H,17,18,19,20). The zero-order valence-electron chi connectivity index (χ0n) is 10.7. The lowest BCUT2D eigenvalue weighted by Crippen LogP contribution is -2.11. The Morgan fingerprint density at radius 2 is 1.95 bits per heavy atom. The lowest BCUT2D eigenvalue weighted by atomic mass is 10.1. The average molecular weight is 283 g/mol. The fourth-order valence-corrected chi connectivity index (χ4v) is 1.82. The van der Waals surface area contributed by atoms with Crippen molar-refractivity contribution < 1.29 is 9.18 Å². The third-order valence-corrected chi connectivity index (χ3v) is 2.83. The molecule has 0 aliphatic rings. The van der Waals surface area contributed by atoms with Crippen molar-refractivity contribution in [2.45, 2.75) is 0 Å². The third-order valence-electron chi connectivity index (χ3n) is 2.83. The molecule has 3 aromatic rings. The smallest absolute Gasteiger partial charge is 0.255 e. The Kier molecular flexibility index (Phi) is 3.38. The number of halogens is 1. The van der Waals surface area contributed by atoms with Crippen LogP contribution in [0.5, 0.6) is 0 Å². The number of benzene rings is 2. The summed E-state index contributed by atoms with van der Waals surface area (Å²) >= 11 is 0. The third kappa shape index (κ3) is 2.92. The van der Waals surface area contributed by atoms with Crippen molar-refractivity contribution in [1.82, 2.24) is 20.6 Å². The van der Waals surface area contributed by atoms with Gasteiger partial charge in [-0.1, -0.05) is 18.2 Å². The molecule has 1 heterocycles. The second-order valence-corrected chi connectivity index (χ2v) is 4.28. The van der Waals surface area contributed by atoms with Gasteiger partial charge in [0.25, 0.3) is 5.91 Å². The SMILES string of the molecule is O=C(Nc1cccc(F)c1)c1ccc(-c2nn[nH]n2)cc1. The fourth-order valence-electron chi connectivity index (χ4n) is 1.82. The number of nitrogens with one attached hydrogen (secondary N) is 2. The molecule has 2 N–H and O–H groups in total. The number of carbonyl (C=O) groups is 1. The molecule has 0 aliphatic carbocycles. The zero-order chi connectivity index (χ0) is 14.7. The van der Waals surface area contributed by atoms with Crippen molar-refractivity contribution in [2.24, 2.45) is 0 Å². The second-order valence-electron chi connectivity index (χ2n) is 4.28. The number of tetrazole rings is 1. The Labute approximate surface area is 119 Å². The average Bonchev–Trinajstić information content (AvgIpc) is 3.01. The van der Waals surface area contributed by atoms with Crippen LogP contribution in [0.15, 0.2) is 48.5 Å². The van der Waals surface area contributed by atoms with Gasteiger partial charge in [-0.3, -0.25) is 4.79 Å². The molecule has 0 atom stereocenters. The molecule has 21 heavy (non-hydrogen) atoms. The summed E-state index contributed by atoms with van der Waals surface area (Å²) < 4.78 is 13.1. The van der Waals surface area contributed by atoms with Gasteiger partial charge in [0.15, 0.2) is 0 Å². The molecule has 6 nitrogen and oxygen atoms in total. The Morgan fingerprint density at radius 3 is 2.62 bits per heavy atom. The highest BCUT2D eigenvalue weighted by atomic mass is 19.1. The van der Waals surface area contributed by atoms with Crippen molar-refractivity contribution >= 4 is 11.6 Å². The highest BCUT2D eigenvalue weighted by molar-refractivity contribution is 6.04. The molecule has 0 aliphatic heterocycles. The molecule has 0 unspecified atom stereocenters. The summed E-state index contributed by atoms with van der Waals surface area (Å²) in [4.78, 5) is 12.0. The molecule has 1 amide bonds. The monoisotopic (exact) mass is 283 g/mol.